The van der Waals surface area contributed by atoms with E-state index in [0.29, 0.717) is 4.77 Å². The second-order valence-electron chi connectivity index (χ2n) is 4.13. The summed E-state index contributed by atoms with van der Waals surface area (Å²) in [6.07, 6.45) is 8.64. The number of halogens is 1. The highest BCUT2D eigenvalue weighted by atomic mass is 35.7. The number of hydrogen-bond donors (Lipinski definition) is 2. The predicted octanol–water partition coefficient (Wildman–Crippen LogP) is 3.21. The average molecular weight is 514 g/mol. The summed E-state index contributed by atoms with van der Waals surface area (Å²) in [7, 11) is -2.57. The molecule has 0 fully saturated rings. The topological polar surface area (TPSA) is 175 Å². The Kier molecular flexibility index (Phi) is 20.1. The molecule has 0 atom stereocenters. The number of aromatic amines is 1. The van der Waals surface area contributed by atoms with E-state index in [-0.39, 0.29) is 40.0 Å². The molecule has 0 aliphatic heterocycles. The van der Waals surface area contributed by atoms with Gasteiger partial charge in [0, 0.05) is 47.9 Å². The molecular weight excluding hydrogens is 486 g/mol. The number of nitrogens with two attached hydrogens (primary N) is 1. The lowest BCUT2D eigenvalue weighted by molar-refractivity contribution is 0.588. The van der Waals surface area contributed by atoms with E-state index in [4.69, 9.17) is 15.8 Å². The number of hydrogen-bond acceptors (Lipinski definition) is 10. The number of primary sulfonamides is 1. The van der Waals surface area contributed by atoms with Gasteiger partial charge in [0.15, 0.2) is 4.77 Å². The zero-order valence-corrected chi connectivity index (χ0v) is 16.5. The Hall–Kier alpha value is -2.39. The van der Waals surface area contributed by atoms with Gasteiger partial charge in [0.2, 0.25) is 0 Å². The molecule has 0 aromatic carbocycles. The van der Waals surface area contributed by atoms with Crippen molar-refractivity contribution < 1.29 is 16.8 Å². The van der Waals surface area contributed by atoms with Crippen molar-refractivity contribution >= 4 is 42.0 Å². The van der Waals surface area contributed by atoms with Crippen molar-refractivity contribution in [3.8, 4) is 0 Å². The highest BCUT2D eigenvalue weighted by Gasteiger charge is 2.11. The van der Waals surface area contributed by atoms with E-state index in [1.54, 1.807) is 18.5 Å². The first-order valence-corrected chi connectivity index (χ1v) is 10.9. The molecule has 0 amide bonds. The molecule has 3 rings (SSSR count). The molecule has 0 saturated carbocycles. The zero-order chi connectivity index (χ0) is 20.3. The van der Waals surface area contributed by atoms with E-state index in [9.17, 15) is 16.8 Å². The molecule has 3 heterocycles. The van der Waals surface area contributed by atoms with Gasteiger partial charge < -0.3 is 4.98 Å². The van der Waals surface area contributed by atoms with Gasteiger partial charge in [-0.1, -0.05) is 29.7 Å². The van der Waals surface area contributed by atoms with Gasteiger partial charge in [-0.25, -0.2) is 46.9 Å². The minimum Gasteiger partial charge on any atom is -0.337 e. The Morgan fingerprint density at radius 1 is 0.742 bits per heavy atom. The molecule has 11 nitrogen and oxygen atoms in total. The van der Waals surface area contributed by atoms with E-state index in [1.165, 1.54) is 36.9 Å². The van der Waals surface area contributed by atoms with Crippen molar-refractivity contribution in [1.82, 2.24) is 29.9 Å². The van der Waals surface area contributed by atoms with E-state index in [2.05, 4.69) is 42.1 Å². The molecule has 0 aliphatic rings. The first kappa shape index (κ1) is 36.0. The van der Waals surface area contributed by atoms with Gasteiger partial charge in [-0.15, -0.1) is 0 Å². The summed E-state index contributed by atoms with van der Waals surface area (Å²) < 4.78 is 42.4. The van der Waals surface area contributed by atoms with Gasteiger partial charge in [-0.05, 0) is 30.4 Å². The SMILES string of the molecule is C.C.C.C.NS(=O)(=O)c1ncccn1.O=S(=O)(Cl)c1ncccn1.S=c1nccc[nH]1. The van der Waals surface area contributed by atoms with E-state index in [1.807, 2.05) is 0 Å². The molecule has 0 unspecified atom stereocenters. The molecule has 3 N–H and O–H groups in total. The van der Waals surface area contributed by atoms with Gasteiger partial charge >= 0.3 is 0 Å². The summed E-state index contributed by atoms with van der Waals surface area (Å²) in [6, 6.07) is 4.80. The molecular formula is C16H28ClN7O4S3. The first-order valence-electron chi connectivity index (χ1n) is 6.62. The Balaban J connectivity index is -0.000000168. The fourth-order valence-corrected chi connectivity index (χ4v) is 2.31. The largest absolute Gasteiger partial charge is 0.337 e. The Morgan fingerprint density at radius 2 is 1.13 bits per heavy atom. The number of nitrogens with one attached hydrogen (secondary N) is 1. The smallest absolute Gasteiger partial charge is 0.296 e. The molecule has 176 valence electrons. The van der Waals surface area contributed by atoms with Crippen LogP contribution < -0.4 is 5.14 Å². The Bertz CT molecular complexity index is 1010. The lowest BCUT2D eigenvalue weighted by Crippen LogP contribution is -2.15. The van der Waals surface area contributed by atoms with E-state index >= 15 is 0 Å². The molecule has 31 heavy (non-hydrogen) atoms. The fourth-order valence-electron chi connectivity index (χ4n) is 1.15. The van der Waals surface area contributed by atoms with Crippen molar-refractivity contribution in [2.24, 2.45) is 5.14 Å². The van der Waals surface area contributed by atoms with Gasteiger partial charge in [0.1, 0.15) is 0 Å². The zero-order valence-electron chi connectivity index (χ0n) is 13.2. The van der Waals surface area contributed by atoms with Crippen LogP contribution in [0.3, 0.4) is 0 Å². The number of H-pyrrole nitrogens is 1. The van der Waals surface area contributed by atoms with Crippen molar-refractivity contribution in [1.29, 1.82) is 0 Å². The molecule has 0 radical (unpaired) electrons. The second-order valence-corrected chi connectivity index (χ2v) is 8.43. The third kappa shape index (κ3) is 16.0. The molecule has 0 bridgehead atoms. The third-order valence-electron chi connectivity index (χ3n) is 2.14. The average Bonchev–Trinajstić information content (AvgIpc) is 2.64. The monoisotopic (exact) mass is 513 g/mol. The van der Waals surface area contributed by atoms with Crippen LogP contribution >= 0.6 is 22.9 Å². The van der Waals surface area contributed by atoms with Gasteiger partial charge in [-0.3, -0.25) is 0 Å². The maximum Gasteiger partial charge on any atom is 0.296 e. The van der Waals surface area contributed by atoms with Crippen LogP contribution in [0.5, 0.6) is 0 Å². The summed E-state index contributed by atoms with van der Waals surface area (Å²) in [4.78, 5) is 20.2. The number of sulfonamides is 1. The van der Waals surface area contributed by atoms with Gasteiger partial charge in [0.25, 0.3) is 29.4 Å². The Morgan fingerprint density at radius 3 is 1.32 bits per heavy atom. The maximum absolute atomic E-state index is 10.5. The van der Waals surface area contributed by atoms with Crippen LogP contribution in [0.25, 0.3) is 0 Å². The highest BCUT2D eigenvalue weighted by molar-refractivity contribution is 8.13. The molecule has 0 saturated heterocycles. The molecule has 3 aromatic heterocycles. The normalized spacial score (nSPS) is 9.23. The number of aromatic nitrogens is 6. The molecule has 3 aromatic rings. The summed E-state index contributed by atoms with van der Waals surface area (Å²) in [5.74, 6) is 0. The highest BCUT2D eigenvalue weighted by Crippen LogP contribution is 2.05. The number of nitrogens with zero attached hydrogens (tertiary/aromatic N) is 5. The van der Waals surface area contributed by atoms with Crippen molar-refractivity contribution in [2.45, 2.75) is 40.0 Å². The summed E-state index contributed by atoms with van der Waals surface area (Å²) >= 11 is 4.65. The quantitative estimate of drug-likeness (QED) is 0.294. The van der Waals surface area contributed by atoms with Crippen molar-refractivity contribution in [3.63, 3.8) is 0 Å². The van der Waals surface area contributed by atoms with Gasteiger partial charge in [-0.2, -0.15) is 0 Å². The maximum atomic E-state index is 10.5. The van der Waals surface area contributed by atoms with Crippen LogP contribution in [0.2, 0.25) is 0 Å². The minimum absolute atomic E-state index is 0. The minimum atomic E-state index is -3.75. The van der Waals surface area contributed by atoms with Crippen LogP contribution in [-0.2, 0) is 19.1 Å². The third-order valence-corrected chi connectivity index (χ3v) is 4.14. The molecule has 15 heteroatoms. The lowest BCUT2D eigenvalue weighted by atomic mass is 10.7. The van der Waals surface area contributed by atoms with Crippen LogP contribution in [0, 0.1) is 4.77 Å². The van der Waals surface area contributed by atoms with E-state index in [0.717, 1.165) is 0 Å². The summed E-state index contributed by atoms with van der Waals surface area (Å²) in [5, 5.41) is 3.99. The van der Waals surface area contributed by atoms with Crippen LogP contribution in [0.15, 0.2) is 65.7 Å². The molecule has 0 aliphatic carbocycles. The number of rotatable bonds is 2. The summed E-state index contributed by atoms with van der Waals surface area (Å²) in [6.45, 7) is 0. The van der Waals surface area contributed by atoms with Crippen molar-refractivity contribution in [3.05, 3.63) is 60.2 Å². The predicted molar refractivity (Wildman–Crippen MR) is 125 cm³/mol. The van der Waals surface area contributed by atoms with Crippen molar-refractivity contribution in [2.75, 3.05) is 0 Å². The standard InChI is InChI=1S/C4H3ClN2O2S.C4H5N3O2S.C4H4N2S.4CH4/c2*5-10(8,9)4-6-2-1-3-7-4;7-4-5-2-1-3-6-4;;;;/h1-3H;1-3H,(H2,5,8,9);1-3H,(H,5,6,7);4*1H4. The fraction of sp³-hybridized carbons (Fsp3) is 0.250. The van der Waals surface area contributed by atoms with Crippen LogP contribution in [-0.4, -0.2) is 46.7 Å². The van der Waals surface area contributed by atoms with Crippen LogP contribution in [0.4, 0.5) is 0 Å². The summed E-state index contributed by atoms with van der Waals surface area (Å²) in [5.41, 5.74) is 0. The first-order chi connectivity index (χ1) is 12.6. The van der Waals surface area contributed by atoms with Gasteiger partial charge in [0.05, 0.1) is 0 Å². The van der Waals surface area contributed by atoms with E-state index < -0.39 is 19.1 Å². The lowest BCUT2D eigenvalue weighted by Gasteiger charge is -1.91. The second kappa shape index (κ2) is 17.3. The Labute approximate surface area is 193 Å². The molecule has 0 spiro atoms. The van der Waals surface area contributed by atoms with Crippen LogP contribution in [0.1, 0.15) is 29.7 Å².